The molecule has 0 heterocycles. The Hall–Kier alpha value is -2.57. The summed E-state index contributed by atoms with van der Waals surface area (Å²) in [6, 6.07) is 7.23. The molecule has 7 nitrogen and oxygen atoms in total. The maximum Gasteiger partial charge on any atom is 0.408 e. The number of benzene rings is 1. The molecule has 0 aliphatic carbocycles. The third kappa shape index (κ3) is 9.66. The van der Waals surface area contributed by atoms with Crippen molar-refractivity contribution in [3.63, 3.8) is 0 Å². The van der Waals surface area contributed by atoms with Gasteiger partial charge in [-0.25, -0.2) is 4.79 Å². The Morgan fingerprint density at radius 2 is 1.62 bits per heavy atom. The van der Waals surface area contributed by atoms with Crippen LogP contribution in [0.5, 0.6) is 0 Å². The summed E-state index contributed by atoms with van der Waals surface area (Å²) in [5.74, 6) is -0.0294. The van der Waals surface area contributed by atoms with Crippen LogP contribution in [0.15, 0.2) is 24.3 Å². The van der Waals surface area contributed by atoms with E-state index in [1.807, 2.05) is 26.0 Å². The zero-order valence-electron chi connectivity index (χ0n) is 16.1. The molecule has 3 N–H and O–H groups in total. The van der Waals surface area contributed by atoms with Crippen LogP contribution in [0.1, 0.15) is 46.6 Å². The van der Waals surface area contributed by atoms with E-state index in [9.17, 15) is 14.4 Å². The second-order valence-electron chi connectivity index (χ2n) is 7.48. The minimum absolute atomic E-state index is 0.0192. The van der Waals surface area contributed by atoms with Gasteiger partial charge in [0.05, 0.1) is 0 Å². The van der Waals surface area contributed by atoms with E-state index in [-0.39, 0.29) is 18.4 Å². The molecule has 7 heteroatoms. The van der Waals surface area contributed by atoms with Crippen LogP contribution < -0.4 is 16.0 Å². The van der Waals surface area contributed by atoms with Crippen LogP contribution in [-0.2, 0) is 20.9 Å². The summed E-state index contributed by atoms with van der Waals surface area (Å²) in [5, 5.41) is 7.94. The monoisotopic (exact) mass is 363 g/mol. The number of nitrogens with one attached hydrogen (secondary N) is 3. The fourth-order valence-corrected chi connectivity index (χ4v) is 2.02. The van der Waals surface area contributed by atoms with Gasteiger partial charge in [-0.15, -0.1) is 0 Å². The van der Waals surface area contributed by atoms with E-state index >= 15 is 0 Å². The number of anilines is 1. The summed E-state index contributed by atoms with van der Waals surface area (Å²) >= 11 is 0. The fraction of sp³-hybridized carbons (Fsp3) is 0.526. The summed E-state index contributed by atoms with van der Waals surface area (Å²) in [6.45, 7) is 9.41. The number of hydrogen-bond acceptors (Lipinski definition) is 4. The quantitative estimate of drug-likeness (QED) is 0.694. The molecule has 0 unspecified atom stereocenters. The number of hydrogen-bond donors (Lipinski definition) is 3. The molecule has 26 heavy (non-hydrogen) atoms. The molecule has 1 aromatic rings. The first-order valence-electron chi connectivity index (χ1n) is 8.67. The normalized spacial score (nSPS) is 11.0. The molecule has 1 aromatic carbocycles. The highest BCUT2D eigenvalue weighted by Gasteiger charge is 2.16. The highest BCUT2D eigenvalue weighted by molar-refractivity contribution is 5.90. The van der Waals surface area contributed by atoms with Crippen molar-refractivity contribution < 1.29 is 19.1 Å². The Morgan fingerprint density at radius 3 is 2.15 bits per heavy atom. The maximum absolute atomic E-state index is 11.8. The molecule has 0 bridgehead atoms. The fourth-order valence-electron chi connectivity index (χ4n) is 2.02. The average molecular weight is 363 g/mol. The van der Waals surface area contributed by atoms with Crippen LogP contribution in [0, 0.1) is 5.92 Å². The van der Waals surface area contributed by atoms with Gasteiger partial charge < -0.3 is 20.7 Å². The largest absolute Gasteiger partial charge is 0.444 e. The van der Waals surface area contributed by atoms with E-state index in [2.05, 4.69) is 16.0 Å². The van der Waals surface area contributed by atoms with Crippen LogP contribution in [0.2, 0.25) is 0 Å². The standard InChI is InChI=1S/C19H29N3O4/c1-13(2)10-16(23)22-15-8-6-14(7-9-15)11-20-17(24)12-21-18(25)26-19(3,4)5/h6-9,13H,10-12H2,1-5H3,(H,20,24)(H,21,25)(H,22,23). The molecule has 0 spiro atoms. The van der Waals surface area contributed by atoms with E-state index < -0.39 is 11.7 Å². The molecule has 0 radical (unpaired) electrons. The van der Waals surface area contributed by atoms with Gasteiger partial charge in [-0.1, -0.05) is 26.0 Å². The topological polar surface area (TPSA) is 96.5 Å². The summed E-state index contributed by atoms with van der Waals surface area (Å²) in [5.41, 5.74) is 1.00. The van der Waals surface area contributed by atoms with Crippen LogP contribution >= 0.6 is 0 Å². The average Bonchev–Trinajstić information content (AvgIpc) is 2.49. The highest BCUT2D eigenvalue weighted by atomic mass is 16.6. The van der Waals surface area contributed by atoms with E-state index in [0.29, 0.717) is 18.9 Å². The van der Waals surface area contributed by atoms with Crippen molar-refractivity contribution in [3.8, 4) is 0 Å². The number of alkyl carbamates (subject to hydrolysis) is 1. The Kier molecular flexibility index (Phi) is 8.09. The van der Waals surface area contributed by atoms with Crippen LogP contribution in [0.3, 0.4) is 0 Å². The smallest absolute Gasteiger partial charge is 0.408 e. The highest BCUT2D eigenvalue weighted by Crippen LogP contribution is 2.11. The molecule has 0 atom stereocenters. The zero-order chi connectivity index (χ0) is 19.7. The Labute approximate surface area is 154 Å². The second kappa shape index (κ2) is 9.79. The Balaban J connectivity index is 2.35. The van der Waals surface area contributed by atoms with Crippen molar-refractivity contribution in [2.75, 3.05) is 11.9 Å². The van der Waals surface area contributed by atoms with Gasteiger partial charge in [-0.2, -0.15) is 0 Å². The number of ether oxygens (including phenoxy) is 1. The Bertz CT molecular complexity index is 619. The molecular formula is C19H29N3O4. The minimum Gasteiger partial charge on any atom is -0.444 e. The van der Waals surface area contributed by atoms with E-state index in [4.69, 9.17) is 4.74 Å². The molecule has 0 saturated heterocycles. The minimum atomic E-state index is -0.630. The first kappa shape index (κ1) is 21.5. The molecule has 1 rings (SSSR count). The van der Waals surface area contributed by atoms with Crippen molar-refractivity contribution >= 4 is 23.6 Å². The van der Waals surface area contributed by atoms with E-state index in [1.54, 1.807) is 32.9 Å². The van der Waals surface area contributed by atoms with Gasteiger partial charge in [0.25, 0.3) is 0 Å². The lowest BCUT2D eigenvalue weighted by Crippen LogP contribution is -2.39. The Morgan fingerprint density at radius 1 is 1.00 bits per heavy atom. The molecule has 0 saturated carbocycles. The van der Waals surface area contributed by atoms with Gasteiger partial charge in [0.1, 0.15) is 12.1 Å². The van der Waals surface area contributed by atoms with Gasteiger partial charge >= 0.3 is 6.09 Å². The molecule has 0 aliphatic rings. The van der Waals surface area contributed by atoms with Gasteiger partial charge in [0.15, 0.2) is 0 Å². The summed E-state index contributed by atoms with van der Waals surface area (Å²) in [4.78, 5) is 35.0. The molecule has 0 fully saturated rings. The van der Waals surface area contributed by atoms with Crippen molar-refractivity contribution in [3.05, 3.63) is 29.8 Å². The van der Waals surface area contributed by atoms with Crippen molar-refractivity contribution in [1.82, 2.24) is 10.6 Å². The van der Waals surface area contributed by atoms with Gasteiger partial charge in [0, 0.05) is 18.7 Å². The van der Waals surface area contributed by atoms with Crippen LogP contribution in [-0.4, -0.2) is 30.1 Å². The molecule has 144 valence electrons. The first-order valence-corrected chi connectivity index (χ1v) is 8.67. The second-order valence-corrected chi connectivity index (χ2v) is 7.48. The predicted octanol–water partition coefficient (Wildman–Crippen LogP) is 2.81. The van der Waals surface area contributed by atoms with Gasteiger partial charge in [-0.05, 0) is 44.4 Å². The number of carbonyl (C=O) groups excluding carboxylic acids is 3. The zero-order valence-corrected chi connectivity index (χ0v) is 16.1. The van der Waals surface area contributed by atoms with Crippen LogP contribution in [0.4, 0.5) is 10.5 Å². The van der Waals surface area contributed by atoms with Gasteiger partial charge in [0.2, 0.25) is 11.8 Å². The van der Waals surface area contributed by atoms with Crippen molar-refractivity contribution in [1.29, 1.82) is 0 Å². The lowest BCUT2D eigenvalue weighted by Gasteiger charge is -2.19. The van der Waals surface area contributed by atoms with Gasteiger partial charge in [-0.3, -0.25) is 9.59 Å². The molecule has 3 amide bonds. The maximum atomic E-state index is 11.8. The summed E-state index contributed by atoms with van der Waals surface area (Å²) in [6.07, 6.45) is -0.156. The third-order valence-electron chi connectivity index (χ3n) is 3.11. The van der Waals surface area contributed by atoms with E-state index in [0.717, 1.165) is 11.3 Å². The lowest BCUT2D eigenvalue weighted by atomic mass is 10.1. The molecule has 0 aromatic heterocycles. The van der Waals surface area contributed by atoms with E-state index in [1.165, 1.54) is 0 Å². The number of rotatable bonds is 7. The van der Waals surface area contributed by atoms with Crippen molar-refractivity contribution in [2.45, 2.75) is 53.2 Å². The van der Waals surface area contributed by atoms with Crippen molar-refractivity contribution in [2.24, 2.45) is 5.92 Å². The molecular weight excluding hydrogens is 334 g/mol. The number of carbonyl (C=O) groups is 3. The third-order valence-corrected chi connectivity index (χ3v) is 3.11. The summed E-state index contributed by atoms with van der Waals surface area (Å²) in [7, 11) is 0. The first-order chi connectivity index (χ1) is 12.0. The number of amides is 3. The SMILES string of the molecule is CC(C)CC(=O)Nc1ccc(CNC(=O)CNC(=O)OC(C)(C)C)cc1. The van der Waals surface area contributed by atoms with Crippen LogP contribution in [0.25, 0.3) is 0 Å². The lowest BCUT2D eigenvalue weighted by molar-refractivity contribution is -0.120. The predicted molar refractivity (Wildman–Crippen MR) is 101 cm³/mol. The summed E-state index contributed by atoms with van der Waals surface area (Å²) < 4.78 is 5.06. The molecule has 0 aliphatic heterocycles.